The zero-order chi connectivity index (χ0) is 15.6. The fraction of sp³-hybridized carbons (Fsp3) is 0.105. The SMILES string of the molecule is C=CCNC(=O)/C=C/c1cccc(OCc2ccccc2)c1. The maximum absolute atomic E-state index is 11.5. The molecule has 1 amide bonds. The summed E-state index contributed by atoms with van der Waals surface area (Å²) in [6.07, 6.45) is 4.90. The van der Waals surface area contributed by atoms with Gasteiger partial charge >= 0.3 is 0 Å². The first-order valence-corrected chi connectivity index (χ1v) is 7.11. The number of benzene rings is 2. The van der Waals surface area contributed by atoms with Crippen LogP contribution in [0.1, 0.15) is 11.1 Å². The Hall–Kier alpha value is -2.81. The fourth-order valence-electron chi connectivity index (χ4n) is 1.85. The van der Waals surface area contributed by atoms with E-state index < -0.39 is 0 Å². The van der Waals surface area contributed by atoms with Crippen LogP contribution in [-0.4, -0.2) is 12.5 Å². The molecule has 3 nitrogen and oxygen atoms in total. The summed E-state index contributed by atoms with van der Waals surface area (Å²) in [5, 5.41) is 2.69. The van der Waals surface area contributed by atoms with Crippen molar-refractivity contribution in [2.45, 2.75) is 6.61 Å². The van der Waals surface area contributed by atoms with Crippen LogP contribution in [0.15, 0.2) is 73.3 Å². The van der Waals surface area contributed by atoms with Crippen LogP contribution in [-0.2, 0) is 11.4 Å². The van der Waals surface area contributed by atoms with Crippen LogP contribution in [0.5, 0.6) is 5.75 Å². The number of carbonyl (C=O) groups is 1. The molecule has 1 N–H and O–H groups in total. The van der Waals surface area contributed by atoms with Gasteiger partial charge in [-0.15, -0.1) is 6.58 Å². The minimum atomic E-state index is -0.143. The van der Waals surface area contributed by atoms with Crippen molar-refractivity contribution in [3.63, 3.8) is 0 Å². The van der Waals surface area contributed by atoms with Gasteiger partial charge in [-0.25, -0.2) is 0 Å². The highest BCUT2D eigenvalue weighted by molar-refractivity contribution is 5.91. The highest BCUT2D eigenvalue weighted by Gasteiger charge is 1.97. The number of ether oxygens (including phenoxy) is 1. The lowest BCUT2D eigenvalue weighted by molar-refractivity contribution is -0.116. The second kappa shape index (κ2) is 8.47. The minimum absolute atomic E-state index is 0.143. The summed E-state index contributed by atoms with van der Waals surface area (Å²) < 4.78 is 5.76. The van der Waals surface area contributed by atoms with E-state index in [2.05, 4.69) is 11.9 Å². The molecule has 0 atom stereocenters. The number of rotatable bonds is 7. The number of hydrogen-bond acceptors (Lipinski definition) is 2. The van der Waals surface area contributed by atoms with Crippen LogP contribution in [0.2, 0.25) is 0 Å². The predicted molar refractivity (Wildman–Crippen MR) is 89.5 cm³/mol. The summed E-state index contributed by atoms with van der Waals surface area (Å²) in [4.78, 5) is 11.5. The van der Waals surface area contributed by atoms with E-state index in [4.69, 9.17) is 4.74 Å². The van der Waals surface area contributed by atoms with E-state index in [9.17, 15) is 4.79 Å². The van der Waals surface area contributed by atoms with Crippen LogP contribution >= 0.6 is 0 Å². The van der Waals surface area contributed by atoms with E-state index in [0.29, 0.717) is 13.2 Å². The smallest absolute Gasteiger partial charge is 0.244 e. The molecule has 0 saturated carbocycles. The molecule has 2 rings (SSSR count). The molecule has 0 spiro atoms. The Morgan fingerprint density at radius 3 is 2.73 bits per heavy atom. The van der Waals surface area contributed by atoms with Crippen LogP contribution in [0, 0.1) is 0 Å². The molecule has 0 aliphatic rings. The van der Waals surface area contributed by atoms with E-state index in [1.54, 1.807) is 12.2 Å². The molecule has 2 aromatic carbocycles. The Balaban J connectivity index is 1.93. The van der Waals surface area contributed by atoms with Crippen molar-refractivity contribution in [3.05, 3.63) is 84.5 Å². The van der Waals surface area contributed by atoms with Gasteiger partial charge in [-0.1, -0.05) is 48.5 Å². The van der Waals surface area contributed by atoms with Gasteiger partial charge < -0.3 is 10.1 Å². The molecule has 0 radical (unpaired) electrons. The van der Waals surface area contributed by atoms with E-state index in [1.165, 1.54) is 6.08 Å². The number of carbonyl (C=O) groups excluding carboxylic acids is 1. The van der Waals surface area contributed by atoms with Crippen molar-refractivity contribution in [1.82, 2.24) is 5.32 Å². The summed E-state index contributed by atoms with van der Waals surface area (Å²) in [6, 6.07) is 17.6. The molecule has 2 aromatic rings. The van der Waals surface area contributed by atoms with E-state index in [0.717, 1.165) is 16.9 Å². The summed E-state index contributed by atoms with van der Waals surface area (Å²) in [5.41, 5.74) is 2.03. The first-order chi connectivity index (χ1) is 10.8. The third-order valence-electron chi connectivity index (χ3n) is 2.95. The molecule has 22 heavy (non-hydrogen) atoms. The second-order valence-electron chi connectivity index (χ2n) is 4.71. The Morgan fingerprint density at radius 2 is 1.95 bits per heavy atom. The van der Waals surface area contributed by atoms with E-state index in [-0.39, 0.29) is 5.91 Å². The lowest BCUT2D eigenvalue weighted by atomic mass is 10.2. The Labute approximate surface area is 130 Å². The zero-order valence-electron chi connectivity index (χ0n) is 12.4. The summed E-state index contributed by atoms with van der Waals surface area (Å²) in [5.74, 6) is 0.632. The molecule has 0 aliphatic heterocycles. The molecule has 112 valence electrons. The molecule has 0 fully saturated rings. The Kier molecular flexibility index (Phi) is 6.00. The van der Waals surface area contributed by atoms with Gasteiger partial charge in [-0.3, -0.25) is 4.79 Å². The van der Waals surface area contributed by atoms with Crippen molar-refractivity contribution in [2.75, 3.05) is 6.54 Å². The van der Waals surface area contributed by atoms with Crippen LogP contribution in [0.25, 0.3) is 6.08 Å². The lowest BCUT2D eigenvalue weighted by Crippen LogP contribution is -2.20. The van der Waals surface area contributed by atoms with Gasteiger partial charge in [-0.05, 0) is 29.3 Å². The molecular weight excluding hydrogens is 274 g/mol. The maximum atomic E-state index is 11.5. The number of amides is 1. The van der Waals surface area contributed by atoms with Gasteiger partial charge in [-0.2, -0.15) is 0 Å². The first kappa shape index (κ1) is 15.6. The van der Waals surface area contributed by atoms with Gasteiger partial charge in [0.05, 0.1) is 0 Å². The summed E-state index contributed by atoms with van der Waals surface area (Å²) >= 11 is 0. The zero-order valence-corrected chi connectivity index (χ0v) is 12.4. The molecule has 0 saturated heterocycles. The van der Waals surface area contributed by atoms with Crippen molar-refractivity contribution in [3.8, 4) is 5.75 Å². The molecule has 0 heterocycles. The van der Waals surface area contributed by atoms with E-state index in [1.807, 2.05) is 54.6 Å². The van der Waals surface area contributed by atoms with Crippen LogP contribution < -0.4 is 10.1 Å². The standard InChI is InChI=1S/C19H19NO2/c1-2-13-20-19(21)12-11-16-9-6-10-18(14-16)22-15-17-7-4-3-5-8-17/h2-12,14H,1,13,15H2,(H,20,21)/b12-11+. The molecule has 0 unspecified atom stereocenters. The van der Waals surface area contributed by atoms with Crippen LogP contribution in [0.4, 0.5) is 0 Å². The van der Waals surface area contributed by atoms with Gasteiger partial charge in [0.1, 0.15) is 12.4 Å². The third-order valence-corrected chi connectivity index (χ3v) is 2.95. The fourth-order valence-corrected chi connectivity index (χ4v) is 1.85. The highest BCUT2D eigenvalue weighted by atomic mass is 16.5. The Morgan fingerprint density at radius 1 is 1.14 bits per heavy atom. The largest absolute Gasteiger partial charge is 0.489 e. The minimum Gasteiger partial charge on any atom is -0.489 e. The highest BCUT2D eigenvalue weighted by Crippen LogP contribution is 2.16. The van der Waals surface area contributed by atoms with Crippen LogP contribution in [0.3, 0.4) is 0 Å². The molecule has 0 bridgehead atoms. The van der Waals surface area contributed by atoms with Gasteiger partial charge in [0, 0.05) is 12.6 Å². The lowest BCUT2D eigenvalue weighted by Gasteiger charge is -2.06. The number of nitrogens with one attached hydrogen (secondary N) is 1. The number of hydrogen-bond donors (Lipinski definition) is 1. The van der Waals surface area contributed by atoms with E-state index >= 15 is 0 Å². The molecule has 0 aliphatic carbocycles. The average Bonchev–Trinajstić information content (AvgIpc) is 2.57. The molecule has 3 heteroatoms. The average molecular weight is 293 g/mol. The first-order valence-electron chi connectivity index (χ1n) is 7.11. The molecular formula is C19H19NO2. The van der Waals surface area contributed by atoms with Gasteiger partial charge in [0.15, 0.2) is 0 Å². The van der Waals surface area contributed by atoms with Crippen molar-refractivity contribution >= 4 is 12.0 Å². The van der Waals surface area contributed by atoms with Crippen molar-refractivity contribution in [2.24, 2.45) is 0 Å². The van der Waals surface area contributed by atoms with Gasteiger partial charge in [0.25, 0.3) is 0 Å². The van der Waals surface area contributed by atoms with Gasteiger partial charge in [0.2, 0.25) is 5.91 Å². The maximum Gasteiger partial charge on any atom is 0.244 e. The topological polar surface area (TPSA) is 38.3 Å². The summed E-state index contributed by atoms with van der Waals surface area (Å²) in [6.45, 7) is 4.54. The predicted octanol–water partition coefficient (Wildman–Crippen LogP) is 3.58. The third kappa shape index (κ3) is 5.29. The second-order valence-corrected chi connectivity index (χ2v) is 4.71. The summed E-state index contributed by atoms with van der Waals surface area (Å²) in [7, 11) is 0. The Bertz CT molecular complexity index is 647. The monoisotopic (exact) mass is 293 g/mol. The van der Waals surface area contributed by atoms with Crippen molar-refractivity contribution < 1.29 is 9.53 Å². The molecule has 0 aromatic heterocycles. The quantitative estimate of drug-likeness (QED) is 0.626. The van der Waals surface area contributed by atoms with Crippen molar-refractivity contribution in [1.29, 1.82) is 0 Å². The normalized spacial score (nSPS) is 10.4.